The van der Waals surface area contributed by atoms with E-state index in [1.54, 1.807) is 0 Å². The van der Waals surface area contributed by atoms with Crippen molar-refractivity contribution in [2.45, 2.75) is 0 Å². The number of aldehydes is 1. The van der Waals surface area contributed by atoms with Gasteiger partial charge in [-0.25, -0.2) is 0 Å². The van der Waals surface area contributed by atoms with E-state index in [0.717, 1.165) is 17.4 Å². The molecule has 3 aromatic carbocycles. The summed E-state index contributed by atoms with van der Waals surface area (Å²) in [6, 6.07) is 18.5. The van der Waals surface area contributed by atoms with Crippen LogP contribution in [0.25, 0.3) is 33.0 Å². The first-order valence-electron chi connectivity index (χ1n) is 6.01. The highest BCUT2D eigenvalue weighted by Gasteiger charge is 2.22. The van der Waals surface area contributed by atoms with Crippen LogP contribution in [0.1, 0.15) is 10.4 Å². The van der Waals surface area contributed by atoms with Gasteiger partial charge in [-0.1, -0.05) is 54.6 Å². The summed E-state index contributed by atoms with van der Waals surface area (Å²) in [5, 5.41) is 2.41. The molecule has 0 saturated heterocycles. The number of carbonyl (C=O) groups excluding carboxylic acids is 1. The molecule has 0 saturated carbocycles. The summed E-state index contributed by atoms with van der Waals surface area (Å²) in [6.07, 6.45) is 0.952. The topological polar surface area (TPSA) is 17.1 Å². The van der Waals surface area contributed by atoms with Crippen LogP contribution in [0.3, 0.4) is 0 Å². The van der Waals surface area contributed by atoms with E-state index in [1.807, 2.05) is 24.3 Å². The zero-order chi connectivity index (χ0) is 12.1. The van der Waals surface area contributed by atoms with Crippen molar-refractivity contribution in [1.29, 1.82) is 0 Å². The molecular weight excluding hydrogens is 220 g/mol. The first kappa shape index (κ1) is 9.60. The molecule has 0 aliphatic heterocycles. The first-order chi connectivity index (χ1) is 8.90. The predicted octanol–water partition coefficient (Wildman–Crippen LogP) is 4.30. The molecular formula is C17H10O. The maximum atomic E-state index is 11.3. The van der Waals surface area contributed by atoms with Crippen molar-refractivity contribution in [2.75, 3.05) is 0 Å². The highest BCUT2D eigenvalue weighted by atomic mass is 16.1. The van der Waals surface area contributed by atoms with Gasteiger partial charge in [-0.15, -0.1) is 0 Å². The minimum atomic E-state index is 0.778. The minimum absolute atomic E-state index is 0.778. The van der Waals surface area contributed by atoms with Crippen LogP contribution in [0.15, 0.2) is 54.6 Å². The Bertz CT molecular complexity index is 800. The number of benzene rings is 3. The Hall–Kier alpha value is -2.41. The van der Waals surface area contributed by atoms with Crippen molar-refractivity contribution < 1.29 is 4.79 Å². The second-order valence-corrected chi connectivity index (χ2v) is 4.60. The van der Waals surface area contributed by atoms with E-state index in [1.165, 1.54) is 27.5 Å². The molecule has 0 aromatic heterocycles. The van der Waals surface area contributed by atoms with E-state index < -0.39 is 0 Å². The fraction of sp³-hybridized carbons (Fsp3) is 0. The van der Waals surface area contributed by atoms with Gasteiger partial charge >= 0.3 is 0 Å². The Kier molecular flexibility index (Phi) is 1.76. The Balaban J connectivity index is 2.31. The molecule has 4 rings (SSSR count). The fourth-order valence-electron chi connectivity index (χ4n) is 2.94. The predicted molar refractivity (Wildman–Crippen MR) is 73.8 cm³/mol. The summed E-state index contributed by atoms with van der Waals surface area (Å²) >= 11 is 0. The summed E-state index contributed by atoms with van der Waals surface area (Å²) < 4.78 is 0. The third-order valence-corrected chi connectivity index (χ3v) is 3.69. The molecule has 0 unspecified atom stereocenters. The molecule has 0 bridgehead atoms. The van der Waals surface area contributed by atoms with Crippen molar-refractivity contribution in [1.82, 2.24) is 0 Å². The lowest BCUT2D eigenvalue weighted by Crippen LogP contribution is -1.85. The maximum absolute atomic E-state index is 11.3. The van der Waals surface area contributed by atoms with Crippen molar-refractivity contribution in [2.24, 2.45) is 0 Å². The lowest BCUT2D eigenvalue weighted by Gasteiger charge is -2.04. The lowest BCUT2D eigenvalue weighted by molar-refractivity contribution is 0.112. The molecule has 0 radical (unpaired) electrons. The van der Waals surface area contributed by atoms with Gasteiger partial charge in [-0.2, -0.15) is 0 Å². The van der Waals surface area contributed by atoms with E-state index >= 15 is 0 Å². The standard InChI is InChI=1S/C17H10O/c18-10-12-9-8-11-4-3-7-15-13-5-1-2-6-14(13)17(12)16(11)15/h1-10H. The zero-order valence-corrected chi connectivity index (χ0v) is 9.68. The van der Waals surface area contributed by atoms with E-state index in [0.29, 0.717) is 0 Å². The molecule has 0 amide bonds. The molecule has 3 aromatic rings. The molecule has 1 aliphatic rings. The molecule has 18 heavy (non-hydrogen) atoms. The van der Waals surface area contributed by atoms with Crippen LogP contribution >= 0.6 is 0 Å². The normalized spacial score (nSPS) is 11.6. The van der Waals surface area contributed by atoms with Crippen LogP contribution in [0, 0.1) is 0 Å². The highest BCUT2D eigenvalue weighted by Crippen LogP contribution is 2.47. The van der Waals surface area contributed by atoms with Gasteiger partial charge in [0.25, 0.3) is 0 Å². The molecule has 1 aliphatic carbocycles. The van der Waals surface area contributed by atoms with E-state index in [4.69, 9.17) is 0 Å². The SMILES string of the molecule is O=Cc1ccc2cccc3c2c1-c1ccccc1-3. The quantitative estimate of drug-likeness (QED) is 0.445. The van der Waals surface area contributed by atoms with E-state index in [2.05, 4.69) is 30.3 Å². The molecule has 84 valence electrons. The van der Waals surface area contributed by atoms with Crippen LogP contribution in [0.2, 0.25) is 0 Å². The largest absolute Gasteiger partial charge is 0.298 e. The lowest BCUT2D eigenvalue weighted by atomic mass is 9.98. The van der Waals surface area contributed by atoms with E-state index in [-0.39, 0.29) is 0 Å². The van der Waals surface area contributed by atoms with Crippen LogP contribution < -0.4 is 0 Å². The van der Waals surface area contributed by atoms with E-state index in [9.17, 15) is 4.79 Å². The van der Waals surface area contributed by atoms with Crippen LogP contribution in [0.5, 0.6) is 0 Å². The second kappa shape index (κ2) is 3.30. The van der Waals surface area contributed by atoms with Crippen LogP contribution in [-0.4, -0.2) is 6.29 Å². The molecule has 0 fully saturated rings. The zero-order valence-electron chi connectivity index (χ0n) is 9.68. The number of rotatable bonds is 1. The molecule has 1 nitrogen and oxygen atoms in total. The summed E-state index contributed by atoms with van der Waals surface area (Å²) in [5.41, 5.74) is 5.51. The van der Waals surface area contributed by atoms with Gasteiger partial charge in [0.2, 0.25) is 0 Å². The van der Waals surface area contributed by atoms with Gasteiger partial charge in [-0.05, 0) is 27.5 Å². The number of hydrogen-bond donors (Lipinski definition) is 0. The molecule has 0 spiro atoms. The van der Waals surface area contributed by atoms with Crippen molar-refractivity contribution in [3.63, 3.8) is 0 Å². The monoisotopic (exact) mass is 230 g/mol. The number of carbonyl (C=O) groups is 1. The van der Waals surface area contributed by atoms with Gasteiger partial charge in [0.05, 0.1) is 0 Å². The summed E-state index contributed by atoms with van der Waals surface area (Å²) in [5.74, 6) is 0. The van der Waals surface area contributed by atoms with Gasteiger partial charge in [0.15, 0.2) is 6.29 Å². The minimum Gasteiger partial charge on any atom is -0.298 e. The Morgan fingerprint density at radius 3 is 2.33 bits per heavy atom. The Morgan fingerprint density at radius 1 is 0.722 bits per heavy atom. The summed E-state index contributed by atoms with van der Waals surface area (Å²) in [6.45, 7) is 0. The third kappa shape index (κ3) is 1.04. The average molecular weight is 230 g/mol. The maximum Gasteiger partial charge on any atom is 0.150 e. The van der Waals surface area contributed by atoms with Crippen molar-refractivity contribution >= 4 is 17.1 Å². The highest BCUT2D eigenvalue weighted by molar-refractivity contribution is 6.18. The van der Waals surface area contributed by atoms with Crippen molar-refractivity contribution in [3.8, 4) is 22.3 Å². The molecule has 1 heteroatoms. The summed E-state index contributed by atoms with van der Waals surface area (Å²) in [7, 11) is 0. The van der Waals surface area contributed by atoms with Crippen LogP contribution in [0.4, 0.5) is 0 Å². The first-order valence-corrected chi connectivity index (χ1v) is 6.01. The van der Waals surface area contributed by atoms with Gasteiger partial charge in [-0.3, -0.25) is 4.79 Å². The molecule has 0 atom stereocenters. The molecule has 0 heterocycles. The Morgan fingerprint density at radius 2 is 1.50 bits per heavy atom. The fourth-order valence-corrected chi connectivity index (χ4v) is 2.94. The third-order valence-electron chi connectivity index (χ3n) is 3.69. The second-order valence-electron chi connectivity index (χ2n) is 4.60. The average Bonchev–Trinajstić information content (AvgIpc) is 2.77. The van der Waals surface area contributed by atoms with Gasteiger partial charge in [0, 0.05) is 11.1 Å². The van der Waals surface area contributed by atoms with Crippen molar-refractivity contribution in [3.05, 3.63) is 60.2 Å². The smallest absolute Gasteiger partial charge is 0.150 e. The van der Waals surface area contributed by atoms with Gasteiger partial charge < -0.3 is 0 Å². The number of fused-ring (bicyclic) bond motifs is 3. The summed E-state index contributed by atoms with van der Waals surface area (Å²) in [4.78, 5) is 11.3. The molecule has 0 N–H and O–H groups in total. The Labute approximate surface area is 105 Å². The van der Waals surface area contributed by atoms with Gasteiger partial charge in [0.1, 0.15) is 0 Å². The number of hydrogen-bond acceptors (Lipinski definition) is 1. The van der Waals surface area contributed by atoms with Crippen LogP contribution in [-0.2, 0) is 0 Å².